The second-order valence-electron chi connectivity index (χ2n) is 5.26. The average Bonchev–Trinajstić information content (AvgIpc) is 3.25. The van der Waals surface area contributed by atoms with Crippen molar-refractivity contribution in [3.8, 4) is 0 Å². The Morgan fingerprint density at radius 3 is 2.64 bits per heavy atom. The molecule has 2 aromatic heterocycles. The largest absolute Gasteiger partial charge is 0.336 e. The highest BCUT2D eigenvalue weighted by Crippen LogP contribution is 2.31. The zero-order valence-corrected chi connectivity index (χ0v) is 17.4. The average molecular weight is 411 g/mol. The van der Waals surface area contributed by atoms with Gasteiger partial charge in [-0.1, -0.05) is 53.9 Å². The molecule has 1 atom stereocenters. The molecule has 1 amide bonds. The smallest absolute Gasteiger partial charge is 0.233 e. The molecule has 25 heavy (non-hydrogen) atoms. The van der Waals surface area contributed by atoms with E-state index < -0.39 is 0 Å². The molecule has 3 rings (SSSR count). The van der Waals surface area contributed by atoms with Gasteiger partial charge in [0.25, 0.3) is 0 Å². The molecule has 132 valence electrons. The Balaban J connectivity index is 1.60. The summed E-state index contributed by atoms with van der Waals surface area (Å²) in [5, 5.41) is 9.20. The van der Waals surface area contributed by atoms with Crippen molar-refractivity contribution in [3.63, 3.8) is 0 Å². The fraction of sp³-hybridized carbons (Fsp3) is 0.375. The lowest BCUT2D eigenvalue weighted by Gasteiger charge is -2.22. The number of nitrogens with zero attached hydrogens (tertiary/aromatic N) is 4. The number of rotatable bonds is 7. The second kappa shape index (κ2) is 8.48. The van der Waals surface area contributed by atoms with E-state index in [1.54, 1.807) is 39.3 Å². The van der Waals surface area contributed by atoms with Gasteiger partial charge in [-0.2, -0.15) is 0 Å². The molecular formula is C16H18N4OS4. The highest BCUT2D eigenvalue weighted by molar-refractivity contribution is 8.03. The summed E-state index contributed by atoms with van der Waals surface area (Å²) in [5.74, 6) is 1.40. The molecule has 0 saturated heterocycles. The molecule has 9 heteroatoms. The highest BCUT2D eigenvalue weighted by atomic mass is 32.2. The van der Waals surface area contributed by atoms with Gasteiger partial charge in [-0.25, -0.2) is 4.98 Å². The van der Waals surface area contributed by atoms with Crippen LogP contribution >= 0.6 is 46.2 Å². The lowest BCUT2D eigenvalue weighted by molar-refractivity contribution is -0.128. The van der Waals surface area contributed by atoms with Crippen molar-refractivity contribution in [3.05, 3.63) is 29.3 Å². The molecule has 0 spiro atoms. The SMILES string of the molecule is CCSc1nnc(SCC(=O)N(C)[C@H](C)c2nc3ccccc3s2)s1. The van der Waals surface area contributed by atoms with E-state index in [1.165, 1.54) is 11.8 Å². The number of thioether (sulfide) groups is 2. The van der Waals surface area contributed by atoms with Gasteiger partial charge in [0.15, 0.2) is 8.68 Å². The molecule has 0 aliphatic rings. The predicted molar refractivity (Wildman–Crippen MR) is 108 cm³/mol. The number of hydrogen-bond acceptors (Lipinski definition) is 8. The molecule has 0 N–H and O–H groups in total. The van der Waals surface area contributed by atoms with E-state index in [0.29, 0.717) is 5.75 Å². The fourth-order valence-corrected chi connectivity index (χ4v) is 6.02. The van der Waals surface area contributed by atoms with Gasteiger partial charge in [-0.3, -0.25) is 4.79 Å². The van der Waals surface area contributed by atoms with Gasteiger partial charge in [0.2, 0.25) is 5.91 Å². The van der Waals surface area contributed by atoms with Crippen molar-refractivity contribution < 1.29 is 4.79 Å². The maximum Gasteiger partial charge on any atom is 0.233 e. The van der Waals surface area contributed by atoms with Gasteiger partial charge in [0.1, 0.15) is 5.01 Å². The van der Waals surface area contributed by atoms with Gasteiger partial charge in [-0.15, -0.1) is 21.5 Å². The van der Waals surface area contributed by atoms with Crippen molar-refractivity contribution in [1.29, 1.82) is 0 Å². The first kappa shape index (κ1) is 18.6. The molecule has 5 nitrogen and oxygen atoms in total. The van der Waals surface area contributed by atoms with Crippen molar-refractivity contribution >= 4 is 62.3 Å². The highest BCUT2D eigenvalue weighted by Gasteiger charge is 2.21. The summed E-state index contributed by atoms with van der Waals surface area (Å²) < 4.78 is 2.94. The molecule has 0 saturated carbocycles. The normalized spacial score (nSPS) is 12.4. The zero-order valence-electron chi connectivity index (χ0n) is 14.1. The molecule has 0 bridgehead atoms. The Morgan fingerprint density at radius 1 is 1.20 bits per heavy atom. The topological polar surface area (TPSA) is 59.0 Å². The van der Waals surface area contributed by atoms with Crippen molar-refractivity contribution in [1.82, 2.24) is 20.1 Å². The van der Waals surface area contributed by atoms with Gasteiger partial charge in [0, 0.05) is 7.05 Å². The minimum absolute atomic E-state index is 0.0499. The lowest BCUT2D eigenvalue weighted by atomic mass is 10.3. The molecular weight excluding hydrogens is 392 g/mol. The fourth-order valence-electron chi connectivity index (χ4n) is 2.11. The molecule has 0 fully saturated rings. The van der Waals surface area contributed by atoms with Gasteiger partial charge in [-0.05, 0) is 24.8 Å². The third-order valence-electron chi connectivity index (χ3n) is 3.62. The zero-order chi connectivity index (χ0) is 17.8. The molecule has 0 aliphatic carbocycles. The Bertz CT molecular complexity index is 830. The van der Waals surface area contributed by atoms with E-state index in [9.17, 15) is 4.79 Å². The quantitative estimate of drug-likeness (QED) is 0.532. The van der Waals surface area contributed by atoms with E-state index in [4.69, 9.17) is 0 Å². The number of carbonyl (C=O) groups is 1. The van der Waals surface area contributed by atoms with Crippen LogP contribution in [0.5, 0.6) is 0 Å². The maximum atomic E-state index is 12.5. The summed E-state index contributed by atoms with van der Waals surface area (Å²) in [6.45, 7) is 4.10. The first-order valence-corrected chi connectivity index (χ1v) is 11.4. The number of thiazole rings is 1. The summed E-state index contributed by atoms with van der Waals surface area (Å²) in [7, 11) is 1.83. The molecule has 0 radical (unpaired) electrons. The summed E-state index contributed by atoms with van der Waals surface area (Å²) in [5.41, 5.74) is 0.986. The first-order chi connectivity index (χ1) is 12.1. The maximum absolute atomic E-state index is 12.5. The van der Waals surface area contributed by atoms with Gasteiger partial charge >= 0.3 is 0 Å². The molecule has 0 unspecified atom stereocenters. The Labute approximate surface area is 163 Å². The molecule has 1 aromatic carbocycles. The van der Waals surface area contributed by atoms with Crippen LogP contribution in [-0.2, 0) is 4.79 Å². The van der Waals surface area contributed by atoms with Crippen LogP contribution < -0.4 is 0 Å². The van der Waals surface area contributed by atoms with E-state index in [-0.39, 0.29) is 11.9 Å². The summed E-state index contributed by atoms with van der Waals surface area (Å²) >= 11 is 6.30. The van der Waals surface area contributed by atoms with Crippen LogP contribution in [0.4, 0.5) is 0 Å². The van der Waals surface area contributed by atoms with Crippen LogP contribution in [0.15, 0.2) is 32.9 Å². The van der Waals surface area contributed by atoms with Gasteiger partial charge < -0.3 is 4.90 Å². The molecule has 3 aromatic rings. The Hall–Kier alpha value is -1.16. The Morgan fingerprint density at radius 2 is 1.92 bits per heavy atom. The third kappa shape index (κ3) is 4.52. The van der Waals surface area contributed by atoms with Crippen LogP contribution in [0.25, 0.3) is 10.2 Å². The summed E-state index contributed by atoms with van der Waals surface area (Å²) in [4.78, 5) is 18.9. The number of hydrogen-bond donors (Lipinski definition) is 0. The summed E-state index contributed by atoms with van der Waals surface area (Å²) in [6, 6.07) is 8.00. The van der Waals surface area contributed by atoms with Crippen molar-refractivity contribution in [2.45, 2.75) is 28.6 Å². The molecule has 0 aliphatic heterocycles. The lowest BCUT2D eigenvalue weighted by Crippen LogP contribution is -2.31. The number of fused-ring (bicyclic) bond motifs is 1. The van der Waals surface area contributed by atoms with Crippen LogP contribution in [0.1, 0.15) is 24.9 Å². The van der Waals surface area contributed by atoms with E-state index in [0.717, 1.165) is 29.7 Å². The van der Waals surface area contributed by atoms with Crippen LogP contribution in [0, 0.1) is 0 Å². The van der Waals surface area contributed by atoms with Crippen LogP contribution in [0.2, 0.25) is 0 Å². The van der Waals surface area contributed by atoms with E-state index in [2.05, 4.69) is 28.2 Å². The minimum atomic E-state index is -0.0499. The monoisotopic (exact) mass is 410 g/mol. The number of para-hydroxylation sites is 1. The predicted octanol–water partition coefficient (Wildman–Crippen LogP) is 4.57. The number of carbonyl (C=O) groups excluding carboxylic acids is 1. The second-order valence-corrected chi connectivity index (χ2v) is 10.0. The van der Waals surface area contributed by atoms with Gasteiger partial charge in [0.05, 0.1) is 22.0 Å². The van der Waals surface area contributed by atoms with Crippen LogP contribution in [0.3, 0.4) is 0 Å². The standard InChI is InChI=1S/C16H18N4OS4/c1-4-22-15-18-19-16(25-15)23-9-13(21)20(3)10(2)14-17-11-7-5-6-8-12(11)24-14/h5-8,10H,4,9H2,1-3H3/t10-/m1/s1. The van der Waals surface area contributed by atoms with Crippen LogP contribution in [-0.4, -0.2) is 44.5 Å². The van der Waals surface area contributed by atoms with E-state index in [1.807, 2.05) is 32.2 Å². The molecule has 2 heterocycles. The number of amides is 1. The number of aromatic nitrogens is 3. The van der Waals surface area contributed by atoms with Crippen molar-refractivity contribution in [2.24, 2.45) is 0 Å². The van der Waals surface area contributed by atoms with Crippen molar-refractivity contribution in [2.75, 3.05) is 18.6 Å². The Kier molecular flexibility index (Phi) is 6.32. The first-order valence-electron chi connectivity index (χ1n) is 7.78. The minimum Gasteiger partial charge on any atom is -0.336 e. The third-order valence-corrected chi connectivity index (χ3v) is 7.88. The number of benzene rings is 1. The summed E-state index contributed by atoms with van der Waals surface area (Å²) in [6.07, 6.45) is 0. The van der Waals surface area contributed by atoms with E-state index >= 15 is 0 Å².